The van der Waals surface area contributed by atoms with E-state index in [0.717, 1.165) is 0 Å². The van der Waals surface area contributed by atoms with Gasteiger partial charge in [-0.25, -0.2) is 5.11 Å². The van der Waals surface area contributed by atoms with Gasteiger partial charge in [-0.1, -0.05) is 0 Å². The standard InChI is InChI=1S/C3H8NO/c1-3(5)4-2/h3-4H,1-2H3. The van der Waals surface area contributed by atoms with E-state index in [1.807, 2.05) is 0 Å². The SMILES string of the molecule is CNC(C)[O]. The maximum atomic E-state index is 9.78. The summed E-state index contributed by atoms with van der Waals surface area (Å²) in [4.78, 5) is 0. The van der Waals surface area contributed by atoms with Crippen LogP contribution in [0.2, 0.25) is 0 Å². The molecule has 1 unspecified atom stereocenters. The summed E-state index contributed by atoms with van der Waals surface area (Å²) in [7, 11) is 1.64. The highest BCUT2D eigenvalue weighted by Crippen LogP contribution is 1.62. The van der Waals surface area contributed by atoms with Crippen LogP contribution < -0.4 is 5.32 Å². The Morgan fingerprint density at radius 1 is 1.80 bits per heavy atom. The Morgan fingerprint density at radius 2 is 2.00 bits per heavy atom. The van der Waals surface area contributed by atoms with Crippen LogP contribution in [0.4, 0.5) is 0 Å². The van der Waals surface area contributed by atoms with E-state index in [2.05, 4.69) is 5.32 Å². The maximum absolute atomic E-state index is 9.78. The summed E-state index contributed by atoms with van der Waals surface area (Å²) in [6.45, 7) is 1.56. The van der Waals surface area contributed by atoms with Gasteiger partial charge in [0.2, 0.25) is 0 Å². The van der Waals surface area contributed by atoms with Crippen LogP contribution in [0.5, 0.6) is 0 Å². The monoisotopic (exact) mass is 74.1 g/mol. The Morgan fingerprint density at radius 3 is 2.00 bits per heavy atom. The van der Waals surface area contributed by atoms with Gasteiger partial charge in [-0.3, -0.25) is 5.32 Å². The van der Waals surface area contributed by atoms with Crippen molar-refractivity contribution < 1.29 is 5.11 Å². The summed E-state index contributed by atoms with van der Waals surface area (Å²) < 4.78 is 0. The second kappa shape index (κ2) is 2.18. The average molecular weight is 74.1 g/mol. The molecule has 0 rings (SSSR count). The quantitative estimate of drug-likeness (QED) is 0.435. The first-order valence-corrected chi connectivity index (χ1v) is 1.60. The highest BCUT2D eigenvalue weighted by molar-refractivity contribution is 4.27. The number of hydrogen-bond acceptors (Lipinski definition) is 1. The van der Waals surface area contributed by atoms with E-state index in [4.69, 9.17) is 0 Å². The van der Waals surface area contributed by atoms with Crippen molar-refractivity contribution in [2.24, 2.45) is 0 Å². The predicted octanol–water partition coefficient (Wildman–Crippen LogP) is -0.0177. The van der Waals surface area contributed by atoms with Crippen LogP contribution in [-0.4, -0.2) is 13.3 Å². The van der Waals surface area contributed by atoms with Crippen LogP contribution in [0.15, 0.2) is 0 Å². The molecule has 1 N–H and O–H groups in total. The summed E-state index contributed by atoms with van der Waals surface area (Å²) in [5.74, 6) is 0. The summed E-state index contributed by atoms with van der Waals surface area (Å²) >= 11 is 0. The Bertz CT molecular complexity index is 20.9. The van der Waals surface area contributed by atoms with Crippen molar-refractivity contribution in [2.45, 2.75) is 13.2 Å². The topological polar surface area (TPSA) is 31.9 Å². The molecule has 5 heavy (non-hydrogen) atoms. The minimum atomic E-state index is -0.616. The van der Waals surface area contributed by atoms with Gasteiger partial charge in [0, 0.05) is 0 Å². The molecular formula is C3H8NO. The molecule has 1 radical (unpaired) electrons. The average Bonchev–Trinajstić information content (AvgIpc) is 1.38. The third kappa shape index (κ3) is 3.92. The Balaban J connectivity index is 2.54. The van der Waals surface area contributed by atoms with Crippen LogP contribution in [0.25, 0.3) is 0 Å². The predicted molar refractivity (Wildman–Crippen MR) is 19.2 cm³/mol. The normalized spacial score (nSPS) is 15.0. The molecule has 0 aromatic carbocycles. The molecule has 0 spiro atoms. The van der Waals surface area contributed by atoms with E-state index >= 15 is 0 Å². The van der Waals surface area contributed by atoms with Crippen molar-refractivity contribution in [1.29, 1.82) is 0 Å². The molecule has 0 amide bonds. The lowest BCUT2D eigenvalue weighted by atomic mass is 10.7. The number of rotatable bonds is 1. The van der Waals surface area contributed by atoms with E-state index < -0.39 is 6.23 Å². The molecule has 0 aliphatic carbocycles. The maximum Gasteiger partial charge on any atom is 0.140 e. The molecule has 31 valence electrons. The van der Waals surface area contributed by atoms with Crippen LogP contribution >= 0.6 is 0 Å². The van der Waals surface area contributed by atoms with Crippen LogP contribution in [-0.2, 0) is 5.11 Å². The van der Waals surface area contributed by atoms with Gasteiger partial charge in [0.15, 0.2) is 0 Å². The minimum absolute atomic E-state index is 0.616. The summed E-state index contributed by atoms with van der Waals surface area (Å²) in [6.07, 6.45) is -0.616. The molecule has 1 atom stereocenters. The molecule has 0 aromatic rings. The Hall–Kier alpha value is -0.0800. The van der Waals surface area contributed by atoms with E-state index in [-0.39, 0.29) is 0 Å². The van der Waals surface area contributed by atoms with Gasteiger partial charge in [0.1, 0.15) is 6.23 Å². The Labute approximate surface area is 31.8 Å². The van der Waals surface area contributed by atoms with Crippen molar-refractivity contribution >= 4 is 0 Å². The summed E-state index contributed by atoms with van der Waals surface area (Å²) in [5.41, 5.74) is 0. The van der Waals surface area contributed by atoms with Crippen molar-refractivity contribution in [3.63, 3.8) is 0 Å². The molecule has 0 bridgehead atoms. The molecule has 0 saturated carbocycles. The van der Waals surface area contributed by atoms with E-state index in [0.29, 0.717) is 0 Å². The van der Waals surface area contributed by atoms with Crippen LogP contribution in [0, 0.1) is 0 Å². The second-order valence-electron chi connectivity index (χ2n) is 0.931. The van der Waals surface area contributed by atoms with E-state index in [1.54, 1.807) is 14.0 Å². The molecule has 0 saturated heterocycles. The van der Waals surface area contributed by atoms with Crippen molar-refractivity contribution in [2.75, 3.05) is 7.05 Å². The lowest BCUT2D eigenvalue weighted by Gasteiger charge is -1.90. The van der Waals surface area contributed by atoms with Crippen molar-refractivity contribution in [3.8, 4) is 0 Å². The zero-order chi connectivity index (χ0) is 4.28. The highest BCUT2D eigenvalue weighted by atomic mass is 16.3. The first-order chi connectivity index (χ1) is 2.27. The number of hydrogen-bond donors (Lipinski definition) is 1. The van der Waals surface area contributed by atoms with E-state index in [1.165, 1.54) is 0 Å². The molecule has 0 aromatic heterocycles. The summed E-state index contributed by atoms with van der Waals surface area (Å²) in [6, 6.07) is 0. The fraction of sp³-hybridized carbons (Fsp3) is 1.00. The molecule has 2 heteroatoms. The zero-order valence-electron chi connectivity index (χ0n) is 3.49. The van der Waals surface area contributed by atoms with Gasteiger partial charge >= 0.3 is 0 Å². The first-order valence-electron chi connectivity index (χ1n) is 1.60. The second-order valence-corrected chi connectivity index (χ2v) is 0.931. The first kappa shape index (κ1) is 4.92. The van der Waals surface area contributed by atoms with Gasteiger partial charge in [-0.2, -0.15) is 0 Å². The lowest BCUT2D eigenvalue weighted by Crippen LogP contribution is -2.17. The molecular weight excluding hydrogens is 66.0 g/mol. The van der Waals surface area contributed by atoms with Gasteiger partial charge in [-0.05, 0) is 14.0 Å². The van der Waals surface area contributed by atoms with Crippen LogP contribution in [0.1, 0.15) is 6.92 Å². The third-order valence-corrected chi connectivity index (χ3v) is 0.407. The molecule has 0 aliphatic rings. The minimum Gasteiger partial charge on any atom is -0.293 e. The van der Waals surface area contributed by atoms with Crippen LogP contribution in [0.3, 0.4) is 0 Å². The van der Waals surface area contributed by atoms with E-state index in [9.17, 15) is 5.11 Å². The fourth-order valence-electron chi connectivity index (χ4n) is 0. The molecule has 0 heterocycles. The van der Waals surface area contributed by atoms with Crippen molar-refractivity contribution in [3.05, 3.63) is 0 Å². The molecule has 0 aliphatic heterocycles. The van der Waals surface area contributed by atoms with Gasteiger partial charge < -0.3 is 0 Å². The largest absolute Gasteiger partial charge is 0.293 e. The molecule has 0 fully saturated rings. The fourth-order valence-corrected chi connectivity index (χ4v) is 0. The van der Waals surface area contributed by atoms with Gasteiger partial charge in [0.25, 0.3) is 0 Å². The van der Waals surface area contributed by atoms with Gasteiger partial charge in [0.05, 0.1) is 0 Å². The smallest absolute Gasteiger partial charge is 0.140 e. The summed E-state index contributed by atoms with van der Waals surface area (Å²) in [5, 5.41) is 12.3. The number of nitrogens with one attached hydrogen (secondary N) is 1. The van der Waals surface area contributed by atoms with Gasteiger partial charge in [-0.15, -0.1) is 0 Å². The zero-order valence-corrected chi connectivity index (χ0v) is 3.49. The lowest BCUT2D eigenvalue weighted by molar-refractivity contribution is 0.0826. The Kier molecular flexibility index (Phi) is 2.14. The molecule has 2 nitrogen and oxygen atoms in total. The highest BCUT2D eigenvalue weighted by Gasteiger charge is 1.82. The third-order valence-electron chi connectivity index (χ3n) is 0.407. The van der Waals surface area contributed by atoms with Crippen molar-refractivity contribution in [1.82, 2.24) is 5.32 Å².